The summed E-state index contributed by atoms with van der Waals surface area (Å²) in [5, 5.41) is 7.39. The average Bonchev–Trinajstić information content (AvgIpc) is 2.87. The number of hydrogen-bond donors (Lipinski definition) is 1. The van der Waals surface area contributed by atoms with Gasteiger partial charge in [-0.2, -0.15) is 5.10 Å². The van der Waals surface area contributed by atoms with Gasteiger partial charge in [-0.1, -0.05) is 12.1 Å². The maximum atomic E-state index is 12.0. The van der Waals surface area contributed by atoms with E-state index in [9.17, 15) is 4.79 Å². The van der Waals surface area contributed by atoms with Gasteiger partial charge >= 0.3 is 0 Å². The van der Waals surface area contributed by atoms with Crippen LogP contribution in [0.15, 0.2) is 30.3 Å². The zero-order valence-electron chi connectivity index (χ0n) is 15.2. The molecule has 0 radical (unpaired) electrons. The lowest BCUT2D eigenvalue weighted by Gasteiger charge is -2.23. The molecule has 1 N–H and O–H groups in total. The molecule has 1 aromatic heterocycles. The average molecular weight is 328 g/mol. The van der Waals surface area contributed by atoms with E-state index in [0.29, 0.717) is 19.5 Å². The van der Waals surface area contributed by atoms with Gasteiger partial charge in [-0.15, -0.1) is 0 Å². The predicted molar refractivity (Wildman–Crippen MR) is 98.4 cm³/mol. The van der Waals surface area contributed by atoms with Gasteiger partial charge in [0.25, 0.3) is 0 Å². The second-order valence-electron chi connectivity index (χ2n) is 6.17. The van der Waals surface area contributed by atoms with Crippen molar-refractivity contribution in [3.63, 3.8) is 0 Å². The molecule has 0 atom stereocenters. The van der Waals surface area contributed by atoms with E-state index in [1.807, 2.05) is 24.6 Å². The first-order valence-electron chi connectivity index (χ1n) is 8.59. The molecule has 0 aliphatic rings. The molecule has 0 unspecified atom stereocenters. The highest BCUT2D eigenvalue weighted by atomic mass is 16.1. The van der Waals surface area contributed by atoms with Crippen LogP contribution in [0, 0.1) is 20.8 Å². The summed E-state index contributed by atoms with van der Waals surface area (Å²) in [6, 6.07) is 10.5. The lowest BCUT2D eigenvalue weighted by molar-refractivity contribution is -0.121. The van der Waals surface area contributed by atoms with Crippen molar-refractivity contribution in [2.24, 2.45) is 0 Å². The van der Waals surface area contributed by atoms with Gasteiger partial charge in [0.1, 0.15) is 0 Å². The minimum Gasteiger partial charge on any atom is -0.370 e. The first kappa shape index (κ1) is 18.0. The molecule has 0 aliphatic heterocycles. The molecule has 130 valence electrons. The van der Waals surface area contributed by atoms with Crippen LogP contribution < -0.4 is 10.2 Å². The quantitative estimate of drug-likeness (QED) is 0.811. The van der Waals surface area contributed by atoms with Crippen LogP contribution in [0.1, 0.15) is 30.3 Å². The van der Waals surface area contributed by atoms with Crippen LogP contribution in [0.4, 0.5) is 5.69 Å². The van der Waals surface area contributed by atoms with Gasteiger partial charge in [0.05, 0.1) is 5.69 Å². The number of likely N-dealkylation sites (N-methyl/N-ethyl adjacent to an activating group) is 1. The Bertz CT molecular complexity index is 678. The second kappa shape index (κ2) is 8.52. The normalized spacial score (nSPS) is 10.7. The van der Waals surface area contributed by atoms with E-state index in [-0.39, 0.29) is 5.91 Å². The minimum absolute atomic E-state index is 0.0721. The maximum absolute atomic E-state index is 12.0. The van der Waals surface area contributed by atoms with E-state index in [4.69, 9.17) is 0 Å². The molecule has 5 heteroatoms. The zero-order chi connectivity index (χ0) is 17.5. The van der Waals surface area contributed by atoms with Crippen LogP contribution in [0.5, 0.6) is 0 Å². The number of amides is 1. The smallest absolute Gasteiger partial charge is 0.221 e. The van der Waals surface area contributed by atoms with Crippen molar-refractivity contribution in [3.05, 3.63) is 47.3 Å². The monoisotopic (exact) mass is 328 g/mol. The first-order chi connectivity index (χ1) is 11.5. The highest BCUT2D eigenvalue weighted by Gasteiger charge is 2.07. The van der Waals surface area contributed by atoms with E-state index >= 15 is 0 Å². The Balaban J connectivity index is 1.76. The number of rotatable bonds is 8. The Hall–Kier alpha value is -2.30. The van der Waals surface area contributed by atoms with E-state index in [1.165, 1.54) is 11.3 Å². The summed E-state index contributed by atoms with van der Waals surface area (Å²) >= 11 is 0. The molecule has 1 amide bonds. The van der Waals surface area contributed by atoms with Crippen LogP contribution in [-0.4, -0.2) is 35.3 Å². The molecule has 0 fully saturated rings. The zero-order valence-corrected chi connectivity index (χ0v) is 15.2. The largest absolute Gasteiger partial charge is 0.370 e. The third-order valence-corrected chi connectivity index (χ3v) is 4.11. The molecule has 24 heavy (non-hydrogen) atoms. The van der Waals surface area contributed by atoms with Gasteiger partial charge in [-0.3, -0.25) is 9.48 Å². The van der Waals surface area contributed by atoms with Crippen molar-refractivity contribution in [2.45, 2.75) is 40.7 Å². The number of hydrogen-bond acceptors (Lipinski definition) is 3. The SMILES string of the molecule is CCN(CCNC(=O)CCn1nc(C)cc1C)c1cccc(C)c1. The Morgan fingerprint density at radius 2 is 2.04 bits per heavy atom. The predicted octanol–water partition coefficient (Wildman–Crippen LogP) is 2.84. The molecule has 0 spiro atoms. The second-order valence-corrected chi connectivity index (χ2v) is 6.17. The highest BCUT2D eigenvalue weighted by Crippen LogP contribution is 2.14. The van der Waals surface area contributed by atoms with Crippen molar-refractivity contribution >= 4 is 11.6 Å². The standard InChI is InChI=1S/C19H28N4O/c1-5-22(18-8-6-7-15(2)13-18)12-10-20-19(24)9-11-23-17(4)14-16(3)21-23/h6-8,13-14H,5,9-12H2,1-4H3,(H,20,24). The molecule has 2 aromatic rings. The van der Waals surface area contributed by atoms with Gasteiger partial charge in [0.2, 0.25) is 5.91 Å². The first-order valence-corrected chi connectivity index (χ1v) is 8.59. The van der Waals surface area contributed by atoms with Gasteiger partial charge < -0.3 is 10.2 Å². The summed E-state index contributed by atoms with van der Waals surface area (Å²) in [6.45, 7) is 11.2. The Kier molecular flexibility index (Phi) is 6.41. The van der Waals surface area contributed by atoms with Crippen molar-refractivity contribution in [2.75, 3.05) is 24.5 Å². The number of aromatic nitrogens is 2. The minimum atomic E-state index is 0.0721. The third kappa shape index (κ3) is 5.11. The molecule has 1 heterocycles. The number of nitrogens with one attached hydrogen (secondary N) is 1. The van der Waals surface area contributed by atoms with Crippen LogP contribution in [-0.2, 0) is 11.3 Å². The van der Waals surface area contributed by atoms with E-state index < -0.39 is 0 Å². The molecular weight excluding hydrogens is 300 g/mol. The molecule has 1 aromatic carbocycles. The van der Waals surface area contributed by atoms with Gasteiger partial charge in [-0.25, -0.2) is 0 Å². The third-order valence-electron chi connectivity index (χ3n) is 4.11. The molecule has 0 saturated heterocycles. The van der Waals surface area contributed by atoms with Crippen LogP contribution in [0.25, 0.3) is 0 Å². The summed E-state index contributed by atoms with van der Waals surface area (Å²) in [5.74, 6) is 0.0721. The Morgan fingerprint density at radius 1 is 1.25 bits per heavy atom. The molecule has 0 saturated carbocycles. The van der Waals surface area contributed by atoms with E-state index in [0.717, 1.165) is 24.5 Å². The van der Waals surface area contributed by atoms with E-state index in [2.05, 4.69) is 53.4 Å². The Morgan fingerprint density at radius 3 is 2.67 bits per heavy atom. The van der Waals surface area contributed by atoms with Crippen LogP contribution in [0.2, 0.25) is 0 Å². The molecule has 0 aliphatic carbocycles. The van der Waals surface area contributed by atoms with Crippen molar-refractivity contribution in [1.29, 1.82) is 0 Å². The van der Waals surface area contributed by atoms with Crippen LogP contribution in [0.3, 0.4) is 0 Å². The summed E-state index contributed by atoms with van der Waals surface area (Å²) in [5.41, 5.74) is 4.54. The molecule has 2 rings (SSSR count). The number of benzene rings is 1. The fraction of sp³-hybridized carbons (Fsp3) is 0.474. The summed E-state index contributed by atoms with van der Waals surface area (Å²) < 4.78 is 1.89. The highest BCUT2D eigenvalue weighted by molar-refractivity contribution is 5.75. The van der Waals surface area contributed by atoms with Crippen molar-refractivity contribution in [3.8, 4) is 0 Å². The number of nitrogens with zero attached hydrogens (tertiary/aromatic N) is 3. The number of anilines is 1. The topological polar surface area (TPSA) is 50.2 Å². The number of carbonyl (C=O) groups is 1. The summed E-state index contributed by atoms with van der Waals surface area (Å²) in [7, 11) is 0. The van der Waals surface area contributed by atoms with E-state index in [1.54, 1.807) is 0 Å². The van der Waals surface area contributed by atoms with Gasteiger partial charge in [-0.05, 0) is 51.5 Å². The van der Waals surface area contributed by atoms with Crippen LogP contribution >= 0.6 is 0 Å². The fourth-order valence-electron chi connectivity index (χ4n) is 2.82. The summed E-state index contributed by atoms with van der Waals surface area (Å²) in [6.07, 6.45) is 0.457. The number of carbonyl (C=O) groups excluding carboxylic acids is 1. The molecule has 0 bridgehead atoms. The molecular formula is C19H28N4O. The van der Waals surface area contributed by atoms with Gasteiger partial charge in [0.15, 0.2) is 0 Å². The van der Waals surface area contributed by atoms with Gasteiger partial charge in [0, 0.05) is 44.0 Å². The number of aryl methyl sites for hydroxylation is 4. The van der Waals surface area contributed by atoms with Crippen molar-refractivity contribution in [1.82, 2.24) is 15.1 Å². The lowest BCUT2D eigenvalue weighted by atomic mass is 10.2. The summed E-state index contributed by atoms with van der Waals surface area (Å²) in [4.78, 5) is 14.3. The van der Waals surface area contributed by atoms with Crippen molar-refractivity contribution < 1.29 is 4.79 Å². The Labute approximate surface area is 144 Å². The molecule has 5 nitrogen and oxygen atoms in total. The maximum Gasteiger partial charge on any atom is 0.221 e. The fourth-order valence-corrected chi connectivity index (χ4v) is 2.82. The lowest BCUT2D eigenvalue weighted by Crippen LogP contribution is -2.35.